The van der Waals surface area contributed by atoms with Crippen LogP contribution in [-0.2, 0) is 4.79 Å². The Hall–Kier alpha value is -1.19. The van der Waals surface area contributed by atoms with Gasteiger partial charge in [-0.3, -0.25) is 0 Å². The Morgan fingerprint density at radius 1 is 1.32 bits per heavy atom. The van der Waals surface area contributed by atoms with E-state index in [4.69, 9.17) is 0 Å². The molecule has 0 aromatic heterocycles. The summed E-state index contributed by atoms with van der Waals surface area (Å²) in [6.07, 6.45) is -0.224. The van der Waals surface area contributed by atoms with E-state index in [2.05, 4.69) is 5.32 Å². The van der Waals surface area contributed by atoms with Crippen LogP contribution in [0.1, 0.15) is 19.3 Å². The number of fused-ring (bicyclic) bond motifs is 2. The third kappa shape index (κ3) is 2.21. The Labute approximate surface area is 116 Å². The first-order valence-electron chi connectivity index (χ1n) is 6.20. The fourth-order valence-corrected chi connectivity index (χ4v) is 5.61. The van der Waals surface area contributed by atoms with E-state index in [1.807, 2.05) is 30.3 Å². The number of benzene rings is 1. The number of halogens is 2. The molecule has 19 heavy (non-hydrogen) atoms. The second kappa shape index (κ2) is 4.73. The second-order valence-electron chi connectivity index (χ2n) is 4.93. The van der Waals surface area contributed by atoms with Gasteiger partial charge in [0, 0.05) is 0 Å². The molecule has 0 spiro atoms. The van der Waals surface area contributed by atoms with Gasteiger partial charge in [0.1, 0.15) is 0 Å². The Morgan fingerprint density at radius 2 is 2.05 bits per heavy atom. The first kappa shape index (κ1) is 12.8. The molecule has 2 bridgehead atoms. The summed E-state index contributed by atoms with van der Waals surface area (Å²) in [5, 5.41) is 2.75. The third-order valence-electron chi connectivity index (χ3n) is 3.77. The van der Waals surface area contributed by atoms with Crippen molar-refractivity contribution >= 4 is 25.3 Å². The molecule has 2 nitrogen and oxygen atoms in total. The van der Waals surface area contributed by atoms with E-state index in [1.165, 1.54) is 0 Å². The number of hydrogen-bond donors (Lipinski definition) is 1. The van der Waals surface area contributed by atoms with Crippen molar-refractivity contribution in [3.63, 3.8) is 0 Å². The van der Waals surface area contributed by atoms with E-state index < -0.39 is 16.4 Å². The van der Waals surface area contributed by atoms with Crippen molar-refractivity contribution in [1.29, 1.82) is 0 Å². The average molecular weight is 328 g/mol. The van der Waals surface area contributed by atoms with Crippen molar-refractivity contribution in [3.8, 4) is 0 Å². The zero-order valence-electron chi connectivity index (χ0n) is 10.2. The monoisotopic (exact) mass is 329 g/mol. The molecule has 100 valence electrons. The molecule has 1 saturated carbocycles. The van der Waals surface area contributed by atoms with Crippen LogP contribution in [0.3, 0.4) is 0 Å². The molecule has 3 rings (SSSR count). The van der Waals surface area contributed by atoms with Gasteiger partial charge in [-0.1, -0.05) is 0 Å². The molecular weight excluding hydrogens is 315 g/mol. The quantitative estimate of drug-likeness (QED) is 0.827. The second-order valence-corrected chi connectivity index (χ2v) is 7.98. The fourth-order valence-electron chi connectivity index (χ4n) is 2.78. The van der Waals surface area contributed by atoms with Gasteiger partial charge < -0.3 is 0 Å². The Balaban J connectivity index is 1.87. The number of hydrogen-bond acceptors (Lipinski definition) is 1. The van der Waals surface area contributed by atoms with Gasteiger partial charge in [0.05, 0.1) is 0 Å². The molecular formula is C14H13F2NOSe. The molecule has 2 aliphatic rings. The predicted molar refractivity (Wildman–Crippen MR) is 69.5 cm³/mol. The summed E-state index contributed by atoms with van der Waals surface area (Å²) >= 11 is -0.00852. The summed E-state index contributed by atoms with van der Waals surface area (Å²) in [4.78, 5) is 12.2. The molecule has 1 N–H and O–H groups in total. The number of carbonyl (C=O) groups excluding carboxylic acids is 1. The van der Waals surface area contributed by atoms with Crippen molar-refractivity contribution in [2.75, 3.05) is 0 Å². The average Bonchev–Trinajstić information content (AvgIpc) is 2.62. The summed E-state index contributed by atoms with van der Waals surface area (Å²) < 4.78 is 26.3. The van der Waals surface area contributed by atoms with Crippen LogP contribution in [-0.4, -0.2) is 26.9 Å². The van der Waals surface area contributed by atoms with Crippen molar-refractivity contribution in [1.82, 2.24) is 5.32 Å². The van der Waals surface area contributed by atoms with Crippen LogP contribution in [0.2, 0.25) is 4.31 Å². The number of carbonyl (C=O) groups is 1. The molecule has 2 fully saturated rings. The molecule has 0 unspecified atom stereocenters. The number of nitrogens with one attached hydrogen (secondary N) is 1. The van der Waals surface area contributed by atoms with Gasteiger partial charge in [0.2, 0.25) is 0 Å². The summed E-state index contributed by atoms with van der Waals surface area (Å²) in [6.45, 7) is 0. The van der Waals surface area contributed by atoms with Crippen molar-refractivity contribution < 1.29 is 13.6 Å². The maximum absolute atomic E-state index is 12.8. The Bertz CT molecular complexity index is 542. The van der Waals surface area contributed by atoms with Gasteiger partial charge in [0.15, 0.2) is 0 Å². The molecule has 1 saturated heterocycles. The van der Waals surface area contributed by atoms with Crippen molar-refractivity contribution in [2.24, 2.45) is 0 Å². The summed E-state index contributed by atoms with van der Waals surface area (Å²) in [7, 11) is 0. The number of amides is 1. The maximum atomic E-state index is 12.8. The molecule has 1 aromatic carbocycles. The fraction of sp³-hybridized carbons (Fsp3) is 0.357. The van der Waals surface area contributed by atoms with Crippen LogP contribution >= 0.6 is 0 Å². The van der Waals surface area contributed by atoms with Crippen LogP contribution < -0.4 is 9.78 Å². The van der Waals surface area contributed by atoms with Gasteiger partial charge in [0.25, 0.3) is 0 Å². The molecule has 1 aliphatic carbocycles. The first-order valence-corrected chi connectivity index (χ1v) is 7.91. The standard InChI is InChI=1S/C14H13F2NOSe/c15-12(16)10-6-7-14(8-11(10)17-13(14)18)19-9-4-2-1-3-5-9/h1-5,11H,6-8H2,(H,17,18)/t11-,14+/m0/s1. The molecule has 1 heterocycles. The van der Waals surface area contributed by atoms with Gasteiger partial charge >= 0.3 is 116 Å². The third-order valence-corrected chi connectivity index (χ3v) is 6.82. The molecule has 1 amide bonds. The normalized spacial score (nSPS) is 29.3. The zero-order chi connectivity index (χ0) is 13.5. The first-order chi connectivity index (χ1) is 9.11. The van der Waals surface area contributed by atoms with Crippen molar-refractivity contribution in [2.45, 2.75) is 29.6 Å². The van der Waals surface area contributed by atoms with Crippen molar-refractivity contribution in [3.05, 3.63) is 42.0 Å². The summed E-state index contributed by atoms with van der Waals surface area (Å²) in [5.41, 5.74) is 0.130. The van der Waals surface area contributed by atoms with E-state index in [0.717, 1.165) is 4.46 Å². The van der Waals surface area contributed by atoms with Gasteiger partial charge in [-0.05, 0) is 0 Å². The molecule has 0 radical (unpaired) electrons. The molecule has 1 aliphatic heterocycles. The predicted octanol–water partition coefficient (Wildman–Crippen LogP) is 2.01. The van der Waals surface area contributed by atoms with E-state index in [0.29, 0.717) is 19.3 Å². The number of rotatable bonds is 2. The van der Waals surface area contributed by atoms with Crippen LogP contribution in [0, 0.1) is 0 Å². The van der Waals surface area contributed by atoms with E-state index in [-0.39, 0.29) is 26.4 Å². The minimum absolute atomic E-state index is 0.00852. The molecule has 5 heteroatoms. The van der Waals surface area contributed by atoms with E-state index >= 15 is 0 Å². The van der Waals surface area contributed by atoms with E-state index in [9.17, 15) is 13.6 Å². The SMILES string of the molecule is O=C1N[C@H]2C[C@]1([Se]c1ccccc1)CCC2=C(F)F. The Kier molecular flexibility index (Phi) is 3.19. The van der Waals surface area contributed by atoms with Gasteiger partial charge in [-0.15, -0.1) is 0 Å². The van der Waals surface area contributed by atoms with E-state index in [1.54, 1.807) is 0 Å². The van der Waals surface area contributed by atoms with Crippen LogP contribution in [0.15, 0.2) is 42.0 Å². The Morgan fingerprint density at radius 3 is 2.74 bits per heavy atom. The zero-order valence-corrected chi connectivity index (χ0v) is 11.9. The van der Waals surface area contributed by atoms with Gasteiger partial charge in [-0.25, -0.2) is 0 Å². The minimum atomic E-state index is -1.62. The van der Waals surface area contributed by atoms with Gasteiger partial charge in [-0.2, -0.15) is 0 Å². The van der Waals surface area contributed by atoms with Crippen LogP contribution in [0.25, 0.3) is 0 Å². The van der Waals surface area contributed by atoms with Crippen LogP contribution in [0.5, 0.6) is 0 Å². The van der Waals surface area contributed by atoms with Crippen LogP contribution in [0.4, 0.5) is 8.78 Å². The topological polar surface area (TPSA) is 29.1 Å². The summed E-state index contributed by atoms with van der Waals surface area (Å²) in [6, 6.07) is 9.42. The molecule has 2 atom stereocenters. The molecule has 1 aromatic rings. The summed E-state index contributed by atoms with van der Waals surface area (Å²) in [5.74, 6) is -0.0439.